The average Bonchev–Trinajstić information content (AvgIpc) is 2.68. The number of para-hydroxylation sites is 1. The van der Waals surface area contributed by atoms with Gasteiger partial charge >= 0.3 is 0 Å². The van der Waals surface area contributed by atoms with Gasteiger partial charge in [-0.25, -0.2) is 9.37 Å². The van der Waals surface area contributed by atoms with Gasteiger partial charge in [0.15, 0.2) is 5.96 Å². The maximum absolute atomic E-state index is 13.8. The van der Waals surface area contributed by atoms with Gasteiger partial charge in [-0.05, 0) is 23.8 Å². The summed E-state index contributed by atoms with van der Waals surface area (Å²) in [6.07, 6.45) is 0. The van der Waals surface area contributed by atoms with E-state index in [-0.39, 0.29) is 29.8 Å². The lowest BCUT2D eigenvalue weighted by Crippen LogP contribution is -2.36. The first-order chi connectivity index (χ1) is 13.1. The quantitative estimate of drug-likeness (QED) is 0.322. The molecule has 0 aliphatic heterocycles. The fourth-order valence-electron chi connectivity index (χ4n) is 2.83. The number of pyridine rings is 1. The Balaban J connectivity index is 0.00000280. The fourth-order valence-corrected chi connectivity index (χ4v) is 2.83. The van der Waals surface area contributed by atoms with Crippen LogP contribution in [0, 0.1) is 5.82 Å². The number of nitrogens with one attached hydrogen (secondary N) is 2. The standard InChI is InChI=1S/C21H24FN5.HI/c1-23-21(24-13-15-8-4-6-10-18(15)22)25-14-16-12-20(27(2)3)26-19-11-7-5-9-17(16)19;/h4-12H,13-14H2,1-3H3,(H2,23,24,25);1H. The molecule has 1 heterocycles. The van der Waals surface area contributed by atoms with Gasteiger partial charge in [0.25, 0.3) is 0 Å². The maximum Gasteiger partial charge on any atom is 0.191 e. The van der Waals surface area contributed by atoms with Crippen LogP contribution in [-0.2, 0) is 13.1 Å². The molecule has 2 aromatic carbocycles. The highest BCUT2D eigenvalue weighted by Gasteiger charge is 2.08. The minimum absolute atomic E-state index is 0. The van der Waals surface area contributed by atoms with Crippen molar-refractivity contribution in [1.82, 2.24) is 15.6 Å². The number of hydrogen-bond donors (Lipinski definition) is 2. The monoisotopic (exact) mass is 493 g/mol. The zero-order chi connectivity index (χ0) is 19.2. The Kier molecular flexibility index (Phi) is 7.98. The number of anilines is 1. The fraction of sp³-hybridized carbons (Fsp3) is 0.238. The van der Waals surface area contributed by atoms with Crippen molar-refractivity contribution in [2.45, 2.75) is 13.1 Å². The first kappa shape index (κ1) is 21.9. The minimum Gasteiger partial charge on any atom is -0.363 e. The van der Waals surface area contributed by atoms with Crippen molar-refractivity contribution in [1.29, 1.82) is 0 Å². The predicted octanol–water partition coefficient (Wildman–Crippen LogP) is 3.92. The van der Waals surface area contributed by atoms with Gasteiger partial charge in [0.05, 0.1) is 5.52 Å². The van der Waals surface area contributed by atoms with E-state index in [0.717, 1.165) is 22.3 Å². The van der Waals surface area contributed by atoms with E-state index in [9.17, 15) is 4.39 Å². The largest absolute Gasteiger partial charge is 0.363 e. The van der Waals surface area contributed by atoms with Crippen LogP contribution in [0.1, 0.15) is 11.1 Å². The summed E-state index contributed by atoms with van der Waals surface area (Å²) in [7, 11) is 5.65. The van der Waals surface area contributed by atoms with Gasteiger partial charge in [-0.1, -0.05) is 36.4 Å². The third-order valence-electron chi connectivity index (χ3n) is 4.32. The van der Waals surface area contributed by atoms with E-state index >= 15 is 0 Å². The van der Waals surface area contributed by atoms with E-state index < -0.39 is 0 Å². The maximum atomic E-state index is 13.8. The zero-order valence-corrected chi connectivity index (χ0v) is 18.6. The molecule has 0 aliphatic carbocycles. The summed E-state index contributed by atoms with van der Waals surface area (Å²) in [5.41, 5.74) is 2.68. The van der Waals surface area contributed by atoms with Crippen LogP contribution in [0.4, 0.5) is 10.2 Å². The van der Waals surface area contributed by atoms with Gasteiger partial charge in [-0.3, -0.25) is 4.99 Å². The number of nitrogens with zero attached hydrogens (tertiary/aromatic N) is 3. The molecule has 28 heavy (non-hydrogen) atoms. The normalized spacial score (nSPS) is 11.1. The van der Waals surface area contributed by atoms with Crippen LogP contribution in [0.25, 0.3) is 10.9 Å². The first-order valence-electron chi connectivity index (χ1n) is 8.82. The molecule has 0 spiro atoms. The summed E-state index contributed by atoms with van der Waals surface area (Å²) in [6.45, 7) is 0.952. The molecule has 0 amide bonds. The Bertz CT molecular complexity index is 958. The number of fused-ring (bicyclic) bond motifs is 1. The van der Waals surface area contributed by atoms with Crippen LogP contribution in [-0.4, -0.2) is 32.1 Å². The van der Waals surface area contributed by atoms with E-state index in [2.05, 4.69) is 32.7 Å². The van der Waals surface area contributed by atoms with E-state index in [1.807, 2.05) is 43.3 Å². The topological polar surface area (TPSA) is 52.6 Å². The van der Waals surface area contributed by atoms with E-state index in [4.69, 9.17) is 0 Å². The minimum atomic E-state index is -0.226. The second-order valence-corrected chi connectivity index (χ2v) is 6.42. The van der Waals surface area contributed by atoms with Crippen molar-refractivity contribution in [2.24, 2.45) is 4.99 Å². The molecule has 0 saturated heterocycles. The summed E-state index contributed by atoms with van der Waals surface area (Å²) in [5.74, 6) is 1.29. The van der Waals surface area contributed by atoms with Crippen LogP contribution < -0.4 is 15.5 Å². The third kappa shape index (κ3) is 5.31. The second-order valence-electron chi connectivity index (χ2n) is 6.42. The molecule has 3 rings (SSSR count). The SMILES string of the molecule is CN=C(NCc1ccccc1F)NCc1cc(N(C)C)nc2ccccc12.I. The lowest BCUT2D eigenvalue weighted by molar-refractivity contribution is 0.604. The third-order valence-corrected chi connectivity index (χ3v) is 4.32. The number of aliphatic imine (C=N–C) groups is 1. The lowest BCUT2D eigenvalue weighted by Gasteiger charge is -2.17. The lowest BCUT2D eigenvalue weighted by atomic mass is 10.1. The van der Waals surface area contributed by atoms with Gasteiger partial charge < -0.3 is 15.5 Å². The van der Waals surface area contributed by atoms with Crippen LogP contribution >= 0.6 is 24.0 Å². The van der Waals surface area contributed by atoms with E-state index in [0.29, 0.717) is 24.6 Å². The van der Waals surface area contributed by atoms with Crippen molar-refractivity contribution in [3.8, 4) is 0 Å². The first-order valence-corrected chi connectivity index (χ1v) is 8.82. The van der Waals surface area contributed by atoms with Crippen LogP contribution in [0.5, 0.6) is 0 Å². The summed E-state index contributed by atoms with van der Waals surface area (Å²) in [4.78, 5) is 10.9. The summed E-state index contributed by atoms with van der Waals surface area (Å²) >= 11 is 0. The van der Waals surface area contributed by atoms with Gasteiger partial charge in [0, 0.05) is 45.2 Å². The molecular formula is C21H25FIN5. The molecule has 0 fully saturated rings. The van der Waals surface area contributed by atoms with Crippen LogP contribution in [0.15, 0.2) is 59.6 Å². The van der Waals surface area contributed by atoms with Crippen molar-refractivity contribution >= 4 is 46.7 Å². The molecule has 7 heteroatoms. The molecule has 1 aromatic heterocycles. The number of rotatable bonds is 5. The second kappa shape index (κ2) is 10.2. The highest BCUT2D eigenvalue weighted by molar-refractivity contribution is 14.0. The molecule has 0 atom stereocenters. The zero-order valence-electron chi connectivity index (χ0n) is 16.2. The Morgan fingerprint density at radius 2 is 1.64 bits per heavy atom. The van der Waals surface area contributed by atoms with Gasteiger partial charge in [0.1, 0.15) is 11.6 Å². The molecule has 0 aliphatic rings. The Morgan fingerprint density at radius 3 is 2.32 bits per heavy atom. The number of guanidine groups is 1. The van der Waals surface area contributed by atoms with Crippen molar-refractivity contribution in [2.75, 3.05) is 26.0 Å². The van der Waals surface area contributed by atoms with E-state index in [1.54, 1.807) is 19.2 Å². The number of hydrogen-bond acceptors (Lipinski definition) is 3. The van der Waals surface area contributed by atoms with Gasteiger partial charge in [-0.15, -0.1) is 24.0 Å². The molecule has 148 valence electrons. The highest BCUT2D eigenvalue weighted by atomic mass is 127. The number of halogens is 2. The molecular weight excluding hydrogens is 468 g/mol. The summed E-state index contributed by atoms with van der Waals surface area (Å²) in [6, 6.07) is 16.9. The Labute approximate surface area is 182 Å². The molecule has 3 aromatic rings. The Morgan fingerprint density at radius 1 is 1.00 bits per heavy atom. The highest BCUT2D eigenvalue weighted by Crippen LogP contribution is 2.22. The van der Waals surface area contributed by atoms with E-state index in [1.165, 1.54) is 6.07 Å². The molecule has 5 nitrogen and oxygen atoms in total. The predicted molar refractivity (Wildman–Crippen MR) is 125 cm³/mol. The Hall–Kier alpha value is -2.42. The molecule has 0 saturated carbocycles. The van der Waals surface area contributed by atoms with Crippen LogP contribution in [0.3, 0.4) is 0 Å². The van der Waals surface area contributed by atoms with Crippen LogP contribution in [0.2, 0.25) is 0 Å². The average molecular weight is 493 g/mol. The molecule has 0 radical (unpaired) electrons. The van der Waals surface area contributed by atoms with Gasteiger partial charge in [-0.2, -0.15) is 0 Å². The number of aromatic nitrogens is 1. The van der Waals surface area contributed by atoms with Crippen molar-refractivity contribution in [3.05, 3.63) is 71.5 Å². The number of benzene rings is 2. The summed E-state index contributed by atoms with van der Waals surface area (Å²) < 4.78 is 13.8. The smallest absolute Gasteiger partial charge is 0.191 e. The molecule has 0 bridgehead atoms. The van der Waals surface area contributed by atoms with Crippen molar-refractivity contribution < 1.29 is 4.39 Å². The molecule has 2 N–H and O–H groups in total. The van der Waals surface area contributed by atoms with Gasteiger partial charge in [0.2, 0.25) is 0 Å². The van der Waals surface area contributed by atoms with Crippen molar-refractivity contribution in [3.63, 3.8) is 0 Å². The summed E-state index contributed by atoms with van der Waals surface area (Å²) in [5, 5.41) is 7.56. The molecule has 0 unspecified atom stereocenters.